The predicted octanol–water partition coefficient (Wildman–Crippen LogP) is 4.45. The first-order chi connectivity index (χ1) is 9.86. The summed E-state index contributed by atoms with van der Waals surface area (Å²) in [5, 5.41) is 19.6. The first-order valence-electron chi connectivity index (χ1n) is 7.15. The summed E-state index contributed by atoms with van der Waals surface area (Å²) in [6.07, 6.45) is 7.42. The first kappa shape index (κ1) is 17.0. The Morgan fingerprint density at radius 3 is 2.38 bits per heavy atom. The largest absolute Gasteiger partial charge is 0.508 e. The molecule has 0 spiro atoms. The predicted molar refractivity (Wildman–Crippen MR) is 86.0 cm³/mol. The van der Waals surface area contributed by atoms with E-state index in [2.05, 4.69) is 32.9 Å². The minimum absolute atomic E-state index is 0.0314. The van der Waals surface area contributed by atoms with Crippen LogP contribution in [0.4, 0.5) is 0 Å². The van der Waals surface area contributed by atoms with Gasteiger partial charge in [0.25, 0.3) is 0 Å². The molecule has 1 aromatic rings. The van der Waals surface area contributed by atoms with Crippen LogP contribution in [-0.2, 0) is 6.42 Å². The molecule has 0 aromatic heterocycles. The zero-order valence-corrected chi connectivity index (χ0v) is 13.2. The molecule has 1 rings (SSSR count). The molecule has 0 amide bonds. The normalized spacial score (nSPS) is 11.3. The second kappa shape index (κ2) is 7.67. The molecule has 2 N–H and O–H groups in total. The second-order valence-electron chi connectivity index (χ2n) is 5.62. The van der Waals surface area contributed by atoms with Crippen LogP contribution in [0.1, 0.15) is 55.1 Å². The quantitative estimate of drug-likeness (QED) is 0.600. The lowest BCUT2D eigenvalue weighted by atomic mass is 9.97. The monoisotopic (exact) mass is 288 g/mol. The van der Waals surface area contributed by atoms with Crippen molar-refractivity contribution in [2.75, 3.05) is 0 Å². The average Bonchev–Trinajstić information content (AvgIpc) is 2.38. The molecule has 3 nitrogen and oxygen atoms in total. The van der Waals surface area contributed by atoms with Crippen LogP contribution in [-0.4, -0.2) is 16.5 Å². The molecule has 114 valence electrons. The summed E-state index contributed by atoms with van der Waals surface area (Å²) in [6, 6.07) is 1.23. The average molecular weight is 288 g/mol. The Kier molecular flexibility index (Phi) is 6.22. The summed E-state index contributed by atoms with van der Waals surface area (Å²) < 4.78 is 0. The fourth-order valence-electron chi connectivity index (χ4n) is 2.21. The molecule has 0 saturated heterocycles. The van der Waals surface area contributed by atoms with Crippen molar-refractivity contribution in [3.63, 3.8) is 0 Å². The molecule has 0 fully saturated rings. The smallest absolute Gasteiger partial charge is 0.154 e. The van der Waals surface area contributed by atoms with Crippen molar-refractivity contribution >= 4 is 6.29 Å². The number of phenolic OH excluding ortho intramolecular Hbond substituents is 2. The lowest BCUT2D eigenvalue weighted by Gasteiger charge is -2.11. The maximum absolute atomic E-state index is 11.0. The van der Waals surface area contributed by atoms with Crippen LogP contribution < -0.4 is 0 Å². The number of allylic oxidation sites excluding steroid dienone is 4. The Labute approximate surface area is 126 Å². The number of aldehydes is 1. The molecule has 3 heteroatoms. The van der Waals surface area contributed by atoms with Gasteiger partial charge in [-0.25, -0.2) is 0 Å². The molecule has 0 aliphatic rings. The van der Waals surface area contributed by atoms with E-state index >= 15 is 0 Å². The van der Waals surface area contributed by atoms with Crippen molar-refractivity contribution in [1.82, 2.24) is 0 Å². The maximum atomic E-state index is 11.0. The lowest BCUT2D eigenvalue weighted by Crippen LogP contribution is -1.96. The minimum atomic E-state index is -0.173. The number of benzene rings is 1. The molecular formula is C18H24O3. The summed E-state index contributed by atoms with van der Waals surface area (Å²) in [6.45, 7) is 7.97. The molecule has 0 saturated carbocycles. The van der Waals surface area contributed by atoms with Gasteiger partial charge < -0.3 is 10.2 Å². The Bertz CT molecular complexity index is 577. The van der Waals surface area contributed by atoms with Crippen LogP contribution in [0.5, 0.6) is 11.5 Å². The highest BCUT2D eigenvalue weighted by Crippen LogP contribution is 2.31. The summed E-state index contributed by atoms with van der Waals surface area (Å²) in [5.74, 6) is -0.142. The van der Waals surface area contributed by atoms with Gasteiger partial charge in [-0.05, 0) is 52.5 Å². The molecule has 0 aliphatic carbocycles. The Hall–Kier alpha value is -2.03. The van der Waals surface area contributed by atoms with Crippen molar-refractivity contribution in [3.05, 3.63) is 46.1 Å². The van der Waals surface area contributed by atoms with Gasteiger partial charge in [0.2, 0.25) is 0 Å². The molecule has 0 bridgehead atoms. The highest BCUT2D eigenvalue weighted by Gasteiger charge is 2.13. The van der Waals surface area contributed by atoms with Crippen molar-refractivity contribution < 1.29 is 15.0 Å². The highest BCUT2D eigenvalue weighted by molar-refractivity contribution is 5.83. The van der Waals surface area contributed by atoms with Gasteiger partial charge in [0.05, 0.1) is 5.56 Å². The number of phenols is 2. The summed E-state index contributed by atoms with van der Waals surface area (Å²) in [5.41, 5.74) is 4.13. The van der Waals surface area contributed by atoms with E-state index in [1.165, 1.54) is 17.2 Å². The number of carbonyl (C=O) groups excluding carboxylic acids is 1. The second-order valence-corrected chi connectivity index (χ2v) is 5.62. The van der Waals surface area contributed by atoms with Crippen LogP contribution in [0.2, 0.25) is 0 Å². The SMILES string of the molecule is CC(C)=CCC/C(C)=C/Cc1c(O)cc(O)c(C=O)c1C. The van der Waals surface area contributed by atoms with Gasteiger partial charge in [0, 0.05) is 11.6 Å². The summed E-state index contributed by atoms with van der Waals surface area (Å²) in [4.78, 5) is 11.0. The van der Waals surface area contributed by atoms with Gasteiger partial charge in [-0.1, -0.05) is 23.3 Å². The number of hydrogen-bond acceptors (Lipinski definition) is 3. The fraction of sp³-hybridized carbons (Fsp3) is 0.389. The van der Waals surface area contributed by atoms with Crippen LogP contribution >= 0.6 is 0 Å². The van der Waals surface area contributed by atoms with Crippen LogP contribution in [0.3, 0.4) is 0 Å². The van der Waals surface area contributed by atoms with Crippen LogP contribution in [0.25, 0.3) is 0 Å². The van der Waals surface area contributed by atoms with E-state index in [-0.39, 0.29) is 17.1 Å². The number of rotatable bonds is 6. The van der Waals surface area contributed by atoms with Gasteiger partial charge in [-0.15, -0.1) is 0 Å². The molecule has 0 unspecified atom stereocenters. The Morgan fingerprint density at radius 2 is 1.81 bits per heavy atom. The van der Waals surface area contributed by atoms with Gasteiger partial charge in [-0.2, -0.15) is 0 Å². The molecule has 21 heavy (non-hydrogen) atoms. The van der Waals surface area contributed by atoms with E-state index < -0.39 is 0 Å². The van der Waals surface area contributed by atoms with E-state index in [1.807, 2.05) is 0 Å². The molecule has 0 atom stereocenters. The number of carbonyl (C=O) groups is 1. The zero-order valence-electron chi connectivity index (χ0n) is 13.2. The van der Waals surface area contributed by atoms with E-state index in [4.69, 9.17) is 0 Å². The van der Waals surface area contributed by atoms with Crippen molar-refractivity contribution in [2.24, 2.45) is 0 Å². The van der Waals surface area contributed by atoms with E-state index in [9.17, 15) is 15.0 Å². The molecule has 1 aromatic carbocycles. The third-order valence-electron chi connectivity index (χ3n) is 3.58. The van der Waals surface area contributed by atoms with E-state index in [1.54, 1.807) is 6.92 Å². The molecule has 0 heterocycles. The third-order valence-corrected chi connectivity index (χ3v) is 3.58. The molecular weight excluding hydrogens is 264 g/mol. The lowest BCUT2D eigenvalue weighted by molar-refractivity contribution is 0.112. The number of aromatic hydroxyl groups is 2. The van der Waals surface area contributed by atoms with Crippen molar-refractivity contribution in [2.45, 2.75) is 47.0 Å². The van der Waals surface area contributed by atoms with E-state index in [0.717, 1.165) is 12.8 Å². The van der Waals surface area contributed by atoms with Gasteiger partial charge in [-0.3, -0.25) is 4.79 Å². The Balaban J connectivity index is 2.88. The molecule has 0 radical (unpaired) electrons. The third kappa shape index (κ3) is 4.78. The summed E-state index contributed by atoms with van der Waals surface area (Å²) in [7, 11) is 0. The Morgan fingerprint density at radius 1 is 1.14 bits per heavy atom. The first-order valence-corrected chi connectivity index (χ1v) is 7.15. The van der Waals surface area contributed by atoms with Gasteiger partial charge >= 0.3 is 0 Å². The van der Waals surface area contributed by atoms with Crippen molar-refractivity contribution in [3.8, 4) is 11.5 Å². The maximum Gasteiger partial charge on any atom is 0.154 e. The summed E-state index contributed by atoms with van der Waals surface area (Å²) >= 11 is 0. The van der Waals surface area contributed by atoms with Crippen LogP contribution in [0.15, 0.2) is 29.4 Å². The molecule has 0 aliphatic heterocycles. The standard InChI is InChI=1S/C18H24O3/c1-12(2)6-5-7-13(3)8-9-15-14(4)16(11-19)18(21)10-17(15)20/h6,8,10-11,20-21H,5,7,9H2,1-4H3/b13-8+. The van der Waals surface area contributed by atoms with E-state index in [0.29, 0.717) is 23.8 Å². The fourth-order valence-corrected chi connectivity index (χ4v) is 2.21. The topological polar surface area (TPSA) is 57.5 Å². The number of hydrogen-bond donors (Lipinski definition) is 2. The van der Waals surface area contributed by atoms with Crippen LogP contribution in [0, 0.1) is 6.92 Å². The zero-order chi connectivity index (χ0) is 16.0. The van der Waals surface area contributed by atoms with Crippen molar-refractivity contribution in [1.29, 1.82) is 0 Å². The van der Waals surface area contributed by atoms with Gasteiger partial charge in [0.1, 0.15) is 11.5 Å². The minimum Gasteiger partial charge on any atom is -0.508 e. The highest BCUT2D eigenvalue weighted by atomic mass is 16.3. The van der Waals surface area contributed by atoms with Gasteiger partial charge in [0.15, 0.2) is 6.29 Å².